The Labute approximate surface area is 239 Å². The number of hydrogen-bond donors (Lipinski definition) is 7. The number of nitrogens with one attached hydrogen (secondary N) is 3. The fourth-order valence-corrected chi connectivity index (χ4v) is 4.17. The molecule has 0 aliphatic rings. The summed E-state index contributed by atoms with van der Waals surface area (Å²) >= 11 is 0. The van der Waals surface area contributed by atoms with Crippen LogP contribution in [0.5, 0.6) is 0 Å². The normalized spacial score (nSPS) is 11.0. The Bertz CT molecular complexity index is 2010. The Balaban J connectivity index is 1.35. The number of hydrogen-bond acceptors (Lipinski definition) is 11. The van der Waals surface area contributed by atoms with Gasteiger partial charge in [0.15, 0.2) is 11.5 Å². The van der Waals surface area contributed by atoms with Crippen LogP contribution in [0.15, 0.2) is 58.1 Å². The number of aromatic carboxylic acids is 1. The number of anilines is 5. The van der Waals surface area contributed by atoms with Gasteiger partial charge >= 0.3 is 5.97 Å². The van der Waals surface area contributed by atoms with Crippen molar-refractivity contribution in [2.45, 2.75) is 13.1 Å². The highest BCUT2D eigenvalue weighted by Gasteiger charge is 2.22. The second-order valence-electron chi connectivity index (χ2n) is 9.29. The van der Waals surface area contributed by atoms with Crippen molar-refractivity contribution in [3.63, 3.8) is 0 Å². The average molecular weight is 588 g/mol. The minimum atomic E-state index is -1.08. The standard InChI is InChI=1S/C27H22FN9O6/c28-14-6-3-12(7-15(14)34-19-18(29)20(38)21(19)39)10-33-25(41)17-8-16(35-23-22(30)36-27(31)37(17)23)24(40)32-9-11-1-4-13(5-2-11)26(42)43/h1-8,34H,9-10,29-30H2,(H2,31,36)(H,32,40)(H,33,41)(H,42,43). The molecule has 5 aromatic rings. The number of nitrogens with zero attached hydrogens (tertiary/aromatic N) is 3. The van der Waals surface area contributed by atoms with Gasteiger partial charge in [0.25, 0.3) is 22.7 Å². The van der Waals surface area contributed by atoms with Crippen LogP contribution in [0.25, 0.3) is 5.65 Å². The first-order valence-corrected chi connectivity index (χ1v) is 12.4. The van der Waals surface area contributed by atoms with Gasteiger partial charge in [0.05, 0.1) is 11.3 Å². The maximum atomic E-state index is 14.4. The molecular formula is C27H22FN9O6. The van der Waals surface area contributed by atoms with Crippen molar-refractivity contribution in [3.05, 3.63) is 103 Å². The molecule has 10 N–H and O–H groups in total. The van der Waals surface area contributed by atoms with Gasteiger partial charge in [0, 0.05) is 13.1 Å². The molecule has 15 nitrogen and oxygen atoms in total. The molecule has 0 bridgehead atoms. The molecule has 2 aromatic heterocycles. The van der Waals surface area contributed by atoms with Gasteiger partial charge in [-0.1, -0.05) is 18.2 Å². The first-order valence-electron chi connectivity index (χ1n) is 12.4. The fourth-order valence-electron chi connectivity index (χ4n) is 4.17. The Hall–Kier alpha value is -6.32. The third kappa shape index (κ3) is 5.39. The molecule has 0 aliphatic carbocycles. The summed E-state index contributed by atoms with van der Waals surface area (Å²) in [6, 6.07) is 10.9. The number of carbonyl (C=O) groups excluding carboxylic acids is 2. The summed E-state index contributed by atoms with van der Waals surface area (Å²) in [5.41, 5.74) is 15.7. The highest BCUT2D eigenvalue weighted by atomic mass is 19.1. The SMILES string of the molecule is Nc1c(Nc2cc(CNC(=O)c3cc(C(=O)NCc4ccc(C(=O)O)cc4)nc4c(N)nc(N)n34)ccc2F)c(=O)c1=O. The lowest BCUT2D eigenvalue weighted by atomic mass is 10.1. The van der Waals surface area contributed by atoms with Crippen LogP contribution in [-0.2, 0) is 13.1 Å². The molecule has 218 valence electrons. The molecule has 16 heteroatoms. The molecular weight excluding hydrogens is 565 g/mol. The summed E-state index contributed by atoms with van der Waals surface area (Å²) in [6.45, 7) is -0.0930. The van der Waals surface area contributed by atoms with Crippen LogP contribution in [0.2, 0.25) is 0 Å². The van der Waals surface area contributed by atoms with Crippen LogP contribution in [0, 0.1) is 5.82 Å². The molecule has 0 radical (unpaired) electrons. The molecule has 3 aromatic carbocycles. The molecule has 0 atom stereocenters. The molecule has 0 unspecified atom stereocenters. The van der Waals surface area contributed by atoms with Crippen LogP contribution < -0.4 is 44.0 Å². The zero-order valence-corrected chi connectivity index (χ0v) is 22.0. The zero-order chi connectivity index (χ0) is 31.0. The third-order valence-electron chi connectivity index (χ3n) is 6.46. The summed E-state index contributed by atoms with van der Waals surface area (Å²) in [5.74, 6) is -3.47. The minimum Gasteiger partial charge on any atom is -0.478 e. The molecule has 0 saturated heterocycles. The first kappa shape index (κ1) is 28.2. The number of fused-ring (bicyclic) bond motifs is 1. The number of rotatable bonds is 9. The smallest absolute Gasteiger partial charge is 0.335 e. The molecule has 0 saturated carbocycles. The van der Waals surface area contributed by atoms with E-state index in [0.717, 1.165) is 10.5 Å². The van der Waals surface area contributed by atoms with E-state index in [1.165, 1.54) is 30.3 Å². The molecule has 0 fully saturated rings. The van der Waals surface area contributed by atoms with Gasteiger partial charge in [-0.2, -0.15) is 4.98 Å². The van der Waals surface area contributed by atoms with Crippen molar-refractivity contribution in [1.29, 1.82) is 0 Å². The van der Waals surface area contributed by atoms with Crippen LogP contribution in [0.4, 0.5) is 33.2 Å². The Morgan fingerprint density at radius 3 is 2.19 bits per heavy atom. The van der Waals surface area contributed by atoms with Crippen molar-refractivity contribution < 1.29 is 23.9 Å². The van der Waals surface area contributed by atoms with E-state index in [0.29, 0.717) is 11.1 Å². The number of nitrogens with two attached hydrogens (primary N) is 3. The van der Waals surface area contributed by atoms with E-state index in [-0.39, 0.29) is 64.5 Å². The van der Waals surface area contributed by atoms with E-state index < -0.39 is 34.5 Å². The van der Waals surface area contributed by atoms with Crippen molar-refractivity contribution >= 4 is 52.3 Å². The van der Waals surface area contributed by atoms with Crippen LogP contribution in [0.3, 0.4) is 0 Å². The van der Waals surface area contributed by atoms with Crippen molar-refractivity contribution in [3.8, 4) is 0 Å². The van der Waals surface area contributed by atoms with Crippen molar-refractivity contribution in [2.75, 3.05) is 22.5 Å². The quantitative estimate of drug-likeness (QED) is 0.117. The third-order valence-corrected chi connectivity index (χ3v) is 6.46. The summed E-state index contributed by atoms with van der Waals surface area (Å²) in [5, 5.41) is 16.8. The number of benzene rings is 2. The van der Waals surface area contributed by atoms with E-state index in [2.05, 4.69) is 25.9 Å². The summed E-state index contributed by atoms with van der Waals surface area (Å²) < 4.78 is 15.5. The molecule has 0 spiro atoms. The maximum Gasteiger partial charge on any atom is 0.335 e. The number of imidazole rings is 1. The Kier molecular flexibility index (Phi) is 7.17. The average Bonchev–Trinajstić information content (AvgIpc) is 3.30. The van der Waals surface area contributed by atoms with Gasteiger partial charge in [-0.3, -0.25) is 23.6 Å². The van der Waals surface area contributed by atoms with Crippen LogP contribution in [-0.4, -0.2) is 37.3 Å². The number of carboxylic acid groups (broad SMARTS) is 1. The van der Waals surface area contributed by atoms with Crippen LogP contribution in [0.1, 0.15) is 42.5 Å². The number of carbonyl (C=O) groups is 3. The highest BCUT2D eigenvalue weighted by Crippen LogP contribution is 2.23. The number of aromatic nitrogens is 3. The maximum absolute atomic E-state index is 14.4. The Morgan fingerprint density at radius 1 is 0.860 bits per heavy atom. The van der Waals surface area contributed by atoms with Crippen LogP contribution >= 0.6 is 0 Å². The van der Waals surface area contributed by atoms with E-state index in [4.69, 9.17) is 22.3 Å². The van der Waals surface area contributed by atoms with E-state index in [1.807, 2.05) is 0 Å². The number of nitrogen functional groups attached to an aromatic ring is 3. The van der Waals surface area contributed by atoms with Gasteiger partial charge in [0.1, 0.15) is 28.6 Å². The van der Waals surface area contributed by atoms with E-state index in [1.54, 1.807) is 12.1 Å². The second kappa shape index (κ2) is 10.9. The molecule has 43 heavy (non-hydrogen) atoms. The summed E-state index contributed by atoms with van der Waals surface area (Å²) in [6.07, 6.45) is 0. The van der Waals surface area contributed by atoms with Gasteiger partial charge in [0.2, 0.25) is 5.95 Å². The van der Waals surface area contributed by atoms with Crippen molar-refractivity contribution in [1.82, 2.24) is 25.0 Å². The highest BCUT2D eigenvalue weighted by molar-refractivity contribution is 5.99. The largest absolute Gasteiger partial charge is 0.478 e. The van der Waals surface area contributed by atoms with E-state index in [9.17, 15) is 28.4 Å². The number of carboxylic acids is 1. The predicted molar refractivity (Wildman–Crippen MR) is 153 cm³/mol. The molecule has 5 rings (SSSR count). The molecule has 0 aliphatic heterocycles. The zero-order valence-electron chi connectivity index (χ0n) is 22.0. The lowest BCUT2D eigenvalue weighted by molar-refractivity contribution is 0.0696. The van der Waals surface area contributed by atoms with Gasteiger partial charge < -0.3 is 38.3 Å². The predicted octanol–water partition coefficient (Wildman–Crippen LogP) is 0.513. The van der Waals surface area contributed by atoms with E-state index >= 15 is 0 Å². The Morgan fingerprint density at radius 2 is 1.51 bits per heavy atom. The number of halogens is 1. The fraction of sp³-hybridized carbons (Fsp3) is 0.0741. The van der Waals surface area contributed by atoms with Crippen molar-refractivity contribution in [2.24, 2.45) is 0 Å². The second-order valence-corrected chi connectivity index (χ2v) is 9.29. The monoisotopic (exact) mass is 587 g/mol. The lowest BCUT2D eigenvalue weighted by Gasteiger charge is -2.13. The lowest BCUT2D eigenvalue weighted by Crippen LogP contribution is -2.36. The molecule has 2 heterocycles. The number of amides is 2. The first-order chi connectivity index (χ1) is 20.4. The topological polar surface area (TPSA) is 250 Å². The summed E-state index contributed by atoms with van der Waals surface area (Å²) in [4.78, 5) is 68.5. The van der Waals surface area contributed by atoms with Gasteiger partial charge in [-0.05, 0) is 41.5 Å². The molecule has 2 amide bonds. The van der Waals surface area contributed by atoms with Gasteiger partial charge in [-0.25, -0.2) is 14.2 Å². The summed E-state index contributed by atoms with van der Waals surface area (Å²) in [7, 11) is 0. The van der Waals surface area contributed by atoms with Gasteiger partial charge in [-0.15, -0.1) is 0 Å². The minimum absolute atomic E-state index is 0.0350.